The molecule has 0 spiro atoms. The van der Waals surface area contributed by atoms with Gasteiger partial charge in [0, 0.05) is 6.42 Å². The summed E-state index contributed by atoms with van der Waals surface area (Å²) in [5, 5.41) is 1.20. The molecular weight excluding hydrogens is 194 g/mol. The Kier molecular flexibility index (Phi) is 2.00. The SMILES string of the molecule is c1cc2c3nc(sc3c1)CCOCC2. The second kappa shape index (κ2) is 3.33. The molecule has 1 aliphatic rings. The molecule has 2 aromatic rings. The van der Waals surface area contributed by atoms with Crippen LogP contribution in [0.25, 0.3) is 10.2 Å². The number of hydrogen-bond acceptors (Lipinski definition) is 3. The number of nitrogens with zero attached hydrogens (tertiary/aromatic N) is 1. The number of ether oxygens (including phenoxy) is 1. The predicted molar refractivity (Wildman–Crippen MR) is 57.8 cm³/mol. The Labute approximate surface area is 86.5 Å². The Morgan fingerprint density at radius 1 is 1.21 bits per heavy atom. The maximum absolute atomic E-state index is 5.52. The molecule has 0 amide bonds. The number of rotatable bonds is 0. The molecule has 0 unspecified atom stereocenters. The quantitative estimate of drug-likeness (QED) is 0.659. The molecular formula is C11H11NOS. The van der Waals surface area contributed by atoms with Crippen molar-refractivity contribution in [3.05, 3.63) is 28.8 Å². The van der Waals surface area contributed by atoms with Crippen molar-refractivity contribution < 1.29 is 4.74 Å². The molecule has 14 heavy (non-hydrogen) atoms. The minimum Gasteiger partial charge on any atom is -0.381 e. The average Bonchev–Trinajstić information content (AvgIpc) is 2.62. The Hall–Kier alpha value is -0.930. The van der Waals surface area contributed by atoms with E-state index in [0.29, 0.717) is 0 Å². The Balaban J connectivity index is 2.24. The van der Waals surface area contributed by atoms with Crippen LogP contribution in [0.15, 0.2) is 18.2 Å². The molecule has 0 N–H and O–H groups in total. The summed E-state index contributed by atoms with van der Waals surface area (Å²) >= 11 is 1.79. The van der Waals surface area contributed by atoms with E-state index in [1.807, 2.05) is 0 Å². The summed E-state index contributed by atoms with van der Waals surface area (Å²) in [5.74, 6) is 0. The second-order valence-electron chi connectivity index (χ2n) is 3.48. The molecule has 1 aromatic carbocycles. The van der Waals surface area contributed by atoms with Crippen LogP contribution in [0.5, 0.6) is 0 Å². The monoisotopic (exact) mass is 205 g/mol. The number of aromatic nitrogens is 1. The van der Waals surface area contributed by atoms with E-state index in [0.717, 1.165) is 26.1 Å². The van der Waals surface area contributed by atoms with Gasteiger partial charge in [0.05, 0.1) is 28.4 Å². The molecule has 0 saturated carbocycles. The molecule has 2 bridgehead atoms. The van der Waals surface area contributed by atoms with Gasteiger partial charge in [-0.05, 0) is 18.1 Å². The third kappa shape index (κ3) is 1.33. The molecule has 3 heteroatoms. The molecule has 2 nitrogen and oxygen atoms in total. The summed E-state index contributed by atoms with van der Waals surface area (Å²) in [6.45, 7) is 1.63. The van der Waals surface area contributed by atoms with E-state index in [1.54, 1.807) is 11.3 Å². The van der Waals surface area contributed by atoms with Crippen molar-refractivity contribution >= 4 is 21.6 Å². The predicted octanol–water partition coefficient (Wildman–Crippen LogP) is 2.41. The highest BCUT2D eigenvalue weighted by Gasteiger charge is 2.10. The van der Waals surface area contributed by atoms with Crippen LogP contribution in [0.4, 0.5) is 0 Å². The third-order valence-corrected chi connectivity index (χ3v) is 3.60. The van der Waals surface area contributed by atoms with E-state index in [-0.39, 0.29) is 0 Å². The van der Waals surface area contributed by atoms with E-state index in [9.17, 15) is 0 Å². The zero-order valence-corrected chi connectivity index (χ0v) is 8.64. The van der Waals surface area contributed by atoms with Gasteiger partial charge in [-0.2, -0.15) is 0 Å². The molecule has 3 rings (SSSR count). The molecule has 72 valence electrons. The lowest BCUT2D eigenvalue weighted by Crippen LogP contribution is -2.01. The van der Waals surface area contributed by atoms with Gasteiger partial charge in [0.15, 0.2) is 0 Å². The highest BCUT2D eigenvalue weighted by Crippen LogP contribution is 2.26. The first-order valence-corrected chi connectivity index (χ1v) is 5.70. The first-order chi connectivity index (χ1) is 6.93. The molecule has 2 heterocycles. The van der Waals surface area contributed by atoms with Gasteiger partial charge >= 0.3 is 0 Å². The number of para-hydroxylation sites is 1. The van der Waals surface area contributed by atoms with Crippen molar-refractivity contribution in [1.82, 2.24) is 4.98 Å². The average molecular weight is 205 g/mol. The van der Waals surface area contributed by atoms with Gasteiger partial charge < -0.3 is 4.74 Å². The van der Waals surface area contributed by atoms with Gasteiger partial charge in [-0.25, -0.2) is 4.98 Å². The normalized spacial score (nSPS) is 16.6. The van der Waals surface area contributed by atoms with E-state index in [4.69, 9.17) is 4.74 Å². The van der Waals surface area contributed by atoms with Gasteiger partial charge in [-0.15, -0.1) is 11.3 Å². The molecule has 1 aromatic heterocycles. The molecule has 0 aliphatic carbocycles. The Morgan fingerprint density at radius 3 is 3.14 bits per heavy atom. The highest BCUT2D eigenvalue weighted by atomic mass is 32.1. The standard InChI is InChI=1S/C11H11NOS/c1-2-8-4-6-13-7-5-10-12-11(8)9(3-1)14-10/h1-3H,4-7H2. The summed E-state index contributed by atoms with van der Waals surface area (Å²) in [4.78, 5) is 4.65. The van der Waals surface area contributed by atoms with E-state index in [1.165, 1.54) is 20.8 Å². The first kappa shape index (κ1) is 8.38. The summed E-state index contributed by atoms with van der Waals surface area (Å²) in [6, 6.07) is 6.42. The Morgan fingerprint density at radius 2 is 2.14 bits per heavy atom. The lowest BCUT2D eigenvalue weighted by molar-refractivity contribution is 0.141. The van der Waals surface area contributed by atoms with E-state index >= 15 is 0 Å². The summed E-state index contributed by atoms with van der Waals surface area (Å²) in [6.07, 6.45) is 1.94. The second-order valence-corrected chi connectivity index (χ2v) is 4.60. The lowest BCUT2D eigenvalue weighted by Gasteiger charge is -2.03. The minimum absolute atomic E-state index is 0.809. The van der Waals surface area contributed by atoms with Crippen molar-refractivity contribution in [2.45, 2.75) is 12.8 Å². The van der Waals surface area contributed by atoms with Gasteiger partial charge in [-0.1, -0.05) is 12.1 Å². The number of benzene rings is 1. The lowest BCUT2D eigenvalue weighted by atomic mass is 10.1. The van der Waals surface area contributed by atoms with Crippen LogP contribution in [-0.4, -0.2) is 18.2 Å². The maximum Gasteiger partial charge on any atom is 0.0961 e. The smallest absolute Gasteiger partial charge is 0.0961 e. The van der Waals surface area contributed by atoms with E-state index in [2.05, 4.69) is 23.2 Å². The van der Waals surface area contributed by atoms with Crippen LogP contribution in [0.2, 0.25) is 0 Å². The molecule has 0 fully saturated rings. The van der Waals surface area contributed by atoms with Crippen LogP contribution >= 0.6 is 11.3 Å². The van der Waals surface area contributed by atoms with E-state index < -0.39 is 0 Å². The Bertz CT molecular complexity index is 463. The third-order valence-electron chi connectivity index (χ3n) is 2.52. The first-order valence-electron chi connectivity index (χ1n) is 4.88. The van der Waals surface area contributed by atoms with Gasteiger partial charge in [-0.3, -0.25) is 0 Å². The van der Waals surface area contributed by atoms with Crippen molar-refractivity contribution in [3.8, 4) is 0 Å². The summed E-state index contributed by atoms with van der Waals surface area (Å²) in [5.41, 5.74) is 2.52. The highest BCUT2D eigenvalue weighted by molar-refractivity contribution is 7.18. The van der Waals surface area contributed by atoms with Crippen molar-refractivity contribution in [2.75, 3.05) is 13.2 Å². The summed E-state index contributed by atoms with van der Waals surface area (Å²) < 4.78 is 6.84. The summed E-state index contributed by atoms with van der Waals surface area (Å²) in [7, 11) is 0. The topological polar surface area (TPSA) is 22.1 Å². The number of fused-ring (bicyclic) bond motifs is 1. The van der Waals surface area contributed by atoms with Gasteiger partial charge in [0.1, 0.15) is 0 Å². The largest absolute Gasteiger partial charge is 0.381 e. The number of thiazole rings is 1. The molecule has 0 atom stereocenters. The van der Waals surface area contributed by atoms with Crippen LogP contribution in [0.3, 0.4) is 0 Å². The van der Waals surface area contributed by atoms with Crippen molar-refractivity contribution in [2.24, 2.45) is 0 Å². The minimum atomic E-state index is 0.809. The molecule has 0 radical (unpaired) electrons. The van der Waals surface area contributed by atoms with Crippen molar-refractivity contribution in [3.63, 3.8) is 0 Å². The van der Waals surface area contributed by atoms with Crippen LogP contribution in [0, 0.1) is 0 Å². The van der Waals surface area contributed by atoms with Crippen LogP contribution in [-0.2, 0) is 17.6 Å². The number of hydrogen-bond donors (Lipinski definition) is 0. The van der Waals surface area contributed by atoms with Crippen molar-refractivity contribution in [1.29, 1.82) is 0 Å². The van der Waals surface area contributed by atoms with Crippen LogP contribution in [0.1, 0.15) is 10.6 Å². The van der Waals surface area contributed by atoms with Gasteiger partial charge in [0.2, 0.25) is 0 Å². The molecule has 0 saturated heterocycles. The van der Waals surface area contributed by atoms with Gasteiger partial charge in [0.25, 0.3) is 0 Å². The molecule has 1 aliphatic heterocycles. The fraction of sp³-hybridized carbons (Fsp3) is 0.364. The zero-order chi connectivity index (χ0) is 9.38. The maximum atomic E-state index is 5.52. The zero-order valence-electron chi connectivity index (χ0n) is 7.82. The van der Waals surface area contributed by atoms with Crippen LogP contribution < -0.4 is 0 Å². The fourth-order valence-corrected chi connectivity index (χ4v) is 2.80. The fourth-order valence-electron chi connectivity index (χ4n) is 1.80.